The van der Waals surface area contributed by atoms with Crippen LogP contribution < -0.4 is 4.74 Å². The topological polar surface area (TPSA) is 64.4 Å². The number of carboxylic acids is 1. The first-order valence-electron chi connectivity index (χ1n) is 5.75. The Morgan fingerprint density at radius 3 is 2.90 bits per heavy atom. The number of nitrogens with zero attached hydrogens (tertiary/aromatic N) is 2. The summed E-state index contributed by atoms with van der Waals surface area (Å²) in [5.41, 5.74) is 1.70. The molecule has 0 aliphatic rings. The summed E-state index contributed by atoms with van der Waals surface area (Å²) in [6.45, 7) is 1.87. The Morgan fingerprint density at radius 2 is 2.25 bits per heavy atom. The molecular weight excluding hydrogens is 344 g/mol. The third-order valence-electron chi connectivity index (χ3n) is 2.49. The molecule has 1 heterocycles. The molecule has 0 saturated carbocycles. The molecule has 0 saturated heterocycles. The smallest absolute Gasteiger partial charge is 0.313 e. The molecular formula is C13H13BrN2O3S. The van der Waals surface area contributed by atoms with Crippen LogP contribution in [0.4, 0.5) is 0 Å². The molecule has 1 aromatic carbocycles. The second-order valence-corrected chi connectivity index (χ2v) is 5.92. The zero-order valence-electron chi connectivity index (χ0n) is 11.0. The molecule has 2 rings (SSSR count). The zero-order valence-corrected chi connectivity index (χ0v) is 13.4. The van der Waals surface area contributed by atoms with E-state index in [0.717, 1.165) is 21.6 Å². The maximum atomic E-state index is 10.7. The fourth-order valence-electron chi connectivity index (χ4n) is 1.69. The lowest BCUT2D eigenvalue weighted by Crippen LogP contribution is -2.01. The van der Waals surface area contributed by atoms with Crippen molar-refractivity contribution in [2.75, 3.05) is 12.9 Å². The summed E-state index contributed by atoms with van der Waals surface area (Å²) >= 11 is 4.62. The second-order valence-electron chi connectivity index (χ2n) is 4.07. The molecule has 1 aromatic heterocycles. The fourth-order valence-corrected chi connectivity index (χ4v) is 2.91. The van der Waals surface area contributed by atoms with E-state index in [1.165, 1.54) is 11.8 Å². The van der Waals surface area contributed by atoms with Gasteiger partial charge in [-0.2, -0.15) is 0 Å². The summed E-state index contributed by atoms with van der Waals surface area (Å²) in [6, 6.07) is 5.66. The van der Waals surface area contributed by atoms with Crippen LogP contribution in [0.2, 0.25) is 0 Å². The number of rotatable bonds is 5. The van der Waals surface area contributed by atoms with Gasteiger partial charge in [0.2, 0.25) is 0 Å². The lowest BCUT2D eigenvalue weighted by molar-refractivity contribution is -0.133. The first-order chi connectivity index (χ1) is 9.49. The molecule has 7 heteroatoms. The molecule has 0 aliphatic heterocycles. The molecule has 0 atom stereocenters. The van der Waals surface area contributed by atoms with Crippen molar-refractivity contribution in [3.05, 3.63) is 34.6 Å². The molecule has 0 aliphatic carbocycles. The van der Waals surface area contributed by atoms with E-state index in [1.807, 2.05) is 35.9 Å². The molecule has 0 bridgehead atoms. The first-order valence-corrected chi connectivity index (χ1v) is 7.53. The van der Waals surface area contributed by atoms with Gasteiger partial charge in [-0.05, 0) is 19.1 Å². The van der Waals surface area contributed by atoms with Crippen molar-refractivity contribution < 1.29 is 14.6 Å². The summed E-state index contributed by atoms with van der Waals surface area (Å²) in [7, 11) is 1.60. The van der Waals surface area contributed by atoms with E-state index in [2.05, 4.69) is 20.9 Å². The first kappa shape index (κ1) is 14.9. The van der Waals surface area contributed by atoms with E-state index in [4.69, 9.17) is 9.84 Å². The van der Waals surface area contributed by atoms with E-state index in [9.17, 15) is 4.79 Å². The maximum absolute atomic E-state index is 10.7. The molecule has 106 valence electrons. The average Bonchev–Trinajstić information content (AvgIpc) is 2.77. The number of aryl methyl sites for hydroxylation is 1. The van der Waals surface area contributed by atoms with E-state index in [-0.39, 0.29) is 5.75 Å². The normalized spacial score (nSPS) is 10.6. The SMILES string of the molecule is COc1cc(Br)cc(-n2cc(C)nc2SCC(=O)O)c1. The number of hydrogen-bond donors (Lipinski definition) is 1. The largest absolute Gasteiger partial charge is 0.497 e. The van der Waals surface area contributed by atoms with Gasteiger partial charge in [0.15, 0.2) is 5.16 Å². The molecule has 0 radical (unpaired) electrons. The van der Waals surface area contributed by atoms with Gasteiger partial charge in [0.25, 0.3) is 0 Å². The van der Waals surface area contributed by atoms with Gasteiger partial charge in [0.05, 0.1) is 24.2 Å². The van der Waals surface area contributed by atoms with Gasteiger partial charge >= 0.3 is 5.97 Å². The molecule has 0 unspecified atom stereocenters. The quantitative estimate of drug-likeness (QED) is 0.833. The van der Waals surface area contributed by atoms with Crippen LogP contribution in [-0.2, 0) is 4.79 Å². The number of imidazole rings is 1. The molecule has 5 nitrogen and oxygen atoms in total. The minimum absolute atomic E-state index is 0.0262. The van der Waals surface area contributed by atoms with Crippen LogP contribution in [0.5, 0.6) is 5.75 Å². The number of aromatic nitrogens is 2. The predicted molar refractivity (Wildman–Crippen MR) is 80.9 cm³/mol. The number of benzene rings is 1. The molecule has 0 spiro atoms. The maximum Gasteiger partial charge on any atom is 0.313 e. The van der Waals surface area contributed by atoms with Gasteiger partial charge in [0, 0.05) is 16.7 Å². The third kappa shape index (κ3) is 3.55. The summed E-state index contributed by atoms with van der Waals surface area (Å²) in [6.07, 6.45) is 1.87. The van der Waals surface area contributed by atoms with Gasteiger partial charge in [-0.25, -0.2) is 4.98 Å². The summed E-state index contributed by atoms with van der Waals surface area (Å²) in [5.74, 6) is -0.175. The van der Waals surface area contributed by atoms with E-state index < -0.39 is 5.97 Å². The minimum atomic E-state index is -0.867. The third-order valence-corrected chi connectivity index (χ3v) is 3.88. The van der Waals surface area contributed by atoms with Crippen LogP contribution in [-0.4, -0.2) is 33.5 Å². The van der Waals surface area contributed by atoms with Crippen LogP contribution in [0.15, 0.2) is 34.0 Å². The fraction of sp³-hybridized carbons (Fsp3) is 0.231. The Bertz CT molecular complexity index is 643. The average molecular weight is 357 g/mol. The predicted octanol–water partition coefficient (Wildman–Crippen LogP) is 3.13. The number of carbonyl (C=O) groups is 1. The summed E-state index contributed by atoms with van der Waals surface area (Å²) in [4.78, 5) is 15.0. The van der Waals surface area contributed by atoms with Gasteiger partial charge < -0.3 is 9.84 Å². The van der Waals surface area contributed by atoms with Crippen LogP contribution in [0.25, 0.3) is 5.69 Å². The van der Waals surface area contributed by atoms with Crippen LogP contribution in [0, 0.1) is 6.92 Å². The Morgan fingerprint density at radius 1 is 1.50 bits per heavy atom. The number of halogens is 1. The summed E-state index contributed by atoms with van der Waals surface area (Å²) in [5, 5.41) is 9.43. The number of carboxylic acid groups (broad SMARTS) is 1. The number of thioether (sulfide) groups is 1. The lowest BCUT2D eigenvalue weighted by atomic mass is 10.3. The Balaban J connectivity index is 2.41. The van der Waals surface area contributed by atoms with Gasteiger partial charge in [-0.3, -0.25) is 9.36 Å². The monoisotopic (exact) mass is 356 g/mol. The Kier molecular flexibility index (Phi) is 4.72. The van der Waals surface area contributed by atoms with E-state index in [0.29, 0.717) is 5.16 Å². The van der Waals surface area contributed by atoms with Crippen molar-refractivity contribution in [1.29, 1.82) is 0 Å². The number of aliphatic carboxylic acids is 1. The van der Waals surface area contributed by atoms with Crippen molar-refractivity contribution in [2.24, 2.45) is 0 Å². The molecule has 0 fully saturated rings. The molecule has 20 heavy (non-hydrogen) atoms. The standard InChI is InChI=1S/C13H13BrN2O3S/c1-8-6-16(13(15-8)20-7-12(17)18)10-3-9(14)4-11(5-10)19-2/h3-6H,7H2,1-2H3,(H,17,18). The van der Waals surface area contributed by atoms with Crippen LogP contribution in [0.3, 0.4) is 0 Å². The molecule has 1 N–H and O–H groups in total. The van der Waals surface area contributed by atoms with Gasteiger partial charge in [-0.1, -0.05) is 27.7 Å². The highest BCUT2D eigenvalue weighted by Crippen LogP contribution is 2.27. The molecule has 0 amide bonds. The van der Waals surface area contributed by atoms with Gasteiger partial charge in [-0.15, -0.1) is 0 Å². The van der Waals surface area contributed by atoms with Crippen molar-refractivity contribution >= 4 is 33.7 Å². The van der Waals surface area contributed by atoms with Crippen molar-refractivity contribution in [3.8, 4) is 11.4 Å². The zero-order chi connectivity index (χ0) is 14.7. The Hall–Kier alpha value is -1.47. The van der Waals surface area contributed by atoms with Gasteiger partial charge in [0.1, 0.15) is 5.75 Å². The van der Waals surface area contributed by atoms with E-state index >= 15 is 0 Å². The lowest BCUT2D eigenvalue weighted by Gasteiger charge is -2.09. The summed E-state index contributed by atoms with van der Waals surface area (Å²) < 4.78 is 7.98. The number of methoxy groups -OCH3 is 1. The van der Waals surface area contributed by atoms with E-state index in [1.54, 1.807) is 7.11 Å². The van der Waals surface area contributed by atoms with Crippen LogP contribution >= 0.6 is 27.7 Å². The second kappa shape index (κ2) is 6.32. The highest BCUT2D eigenvalue weighted by Gasteiger charge is 2.11. The Labute approximate surface area is 129 Å². The van der Waals surface area contributed by atoms with Crippen molar-refractivity contribution in [1.82, 2.24) is 9.55 Å². The van der Waals surface area contributed by atoms with Crippen molar-refractivity contribution in [3.63, 3.8) is 0 Å². The number of ether oxygens (including phenoxy) is 1. The molecule has 2 aromatic rings. The van der Waals surface area contributed by atoms with Crippen LogP contribution in [0.1, 0.15) is 5.69 Å². The number of hydrogen-bond acceptors (Lipinski definition) is 4. The highest BCUT2D eigenvalue weighted by atomic mass is 79.9. The highest BCUT2D eigenvalue weighted by molar-refractivity contribution is 9.10. The minimum Gasteiger partial charge on any atom is -0.497 e. The van der Waals surface area contributed by atoms with Crippen molar-refractivity contribution in [2.45, 2.75) is 12.1 Å².